The Morgan fingerprint density at radius 3 is 2.46 bits per heavy atom. The highest BCUT2D eigenvalue weighted by Crippen LogP contribution is 2.49. The summed E-state index contributed by atoms with van der Waals surface area (Å²) >= 11 is 6.20. The van der Waals surface area contributed by atoms with Crippen LogP contribution < -0.4 is 0 Å². The first-order chi connectivity index (χ1) is 16.9. The maximum Gasteiger partial charge on any atom is 0.295 e. The molecule has 2 atom stereocenters. The molecule has 0 spiro atoms. The molecule has 1 N–H and O–H groups in total. The van der Waals surface area contributed by atoms with E-state index in [4.69, 9.17) is 16.1 Å². The zero-order valence-corrected chi connectivity index (χ0v) is 19.9. The van der Waals surface area contributed by atoms with E-state index in [9.17, 15) is 8.42 Å². The lowest BCUT2D eigenvalue weighted by Gasteiger charge is -2.27. The van der Waals surface area contributed by atoms with Crippen molar-refractivity contribution in [2.75, 3.05) is 0 Å². The van der Waals surface area contributed by atoms with Gasteiger partial charge in [-0.2, -0.15) is 4.98 Å². The van der Waals surface area contributed by atoms with E-state index in [0.29, 0.717) is 10.6 Å². The fourth-order valence-corrected chi connectivity index (χ4v) is 6.81. The first-order valence-electron chi connectivity index (χ1n) is 11.0. The van der Waals surface area contributed by atoms with Gasteiger partial charge < -0.3 is 9.51 Å². The largest absolute Gasteiger partial charge is 0.358 e. The molecule has 0 saturated carbocycles. The number of halogens is 2. The van der Waals surface area contributed by atoms with Crippen molar-refractivity contribution in [3.63, 3.8) is 0 Å². The normalized spacial score (nSPS) is 17.4. The van der Waals surface area contributed by atoms with Gasteiger partial charge in [-0.3, -0.25) is 0 Å². The molecule has 0 radical (unpaired) electrons. The third-order valence-corrected chi connectivity index (χ3v) is 8.99. The summed E-state index contributed by atoms with van der Waals surface area (Å²) in [4.78, 5) is 7.39. The number of hydrogen-bond donors (Lipinski definition) is 1. The van der Waals surface area contributed by atoms with E-state index < -0.39 is 26.6 Å². The Kier molecular flexibility index (Phi) is 5.05. The fraction of sp³-hybridized carbons (Fsp3) is 0.154. The number of H-pyrrole nitrogens is 1. The van der Waals surface area contributed by atoms with E-state index in [1.54, 1.807) is 54.6 Å². The van der Waals surface area contributed by atoms with Crippen LogP contribution in [0.2, 0.25) is 5.02 Å². The zero-order chi connectivity index (χ0) is 24.2. The summed E-state index contributed by atoms with van der Waals surface area (Å²) in [5.74, 6) is -1.43. The molecule has 5 aromatic rings. The number of rotatable bonds is 5. The van der Waals surface area contributed by atoms with Crippen molar-refractivity contribution in [2.45, 2.75) is 22.7 Å². The lowest BCUT2D eigenvalue weighted by molar-refractivity contribution is 0.128. The number of hydrogen-bond acceptors (Lipinski definition) is 5. The Hall–Kier alpha value is -3.49. The molecule has 6 nitrogen and oxygen atoms in total. The van der Waals surface area contributed by atoms with E-state index in [0.717, 1.165) is 22.2 Å². The highest BCUT2D eigenvalue weighted by molar-refractivity contribution is 7.92. The number of nitrogens with one attached hydrogen (secondary N) is 1. The Labute approximate surface area is 205 Å². The van der Waals surface area contributed by atoms with Crippen LogP contribution in [0.15, 0.2) is 88.3 Å². The molecule has 2 unspecified atom stereocenters. The Morgan fingerprint density at radius 1 is 1.00 bits per heavy atom. The van der Waals surface area contributed by atoms with Crippen LogP contribution in [0.1, 0.15) is 17.1 Å². The summed E-state index contributed by atoms with van der Waals surface area (Å²) in [7, 11) is -4.57. The maximum absolute atomic E-state index is 17.3. The Bertz CT molecular complexity index is 1650. The third-order valence-electron chi connectivity index (χ3n) is 6.58. The maximum atomic E-state index is 17.3. The fourth-order valence-electron chi connectivity index (χ4n) is 4.86. The molecule has 0 fully saturated rings. The van der Waals surface area contributed by atoms with Crippen molar-refractivity contribution >= 4 is 32.3 Å². The molecule has 1 aliphatic carbocycles. The summed E-state index contributed by atoms with van der Waals surface area (Å²) in [5, 5.41) is 2.37. The number of aromatic amines is 1. The number of nitrogens with zero attached hydrogens (tertiary/aromatic N) is 2. The molecule has 35 heavy (non-hydrogen) atoms. The van der Waals surface area contributed by atoms with Gasteiger partial charge in [0.2, 0.25) is 15.7 Å². The van der Waals surface area contributed by atoms with E-state index in [1.165, 1.54) is 12.1 Å². The van der Waals surface area contributed by atoms with Crippen molar-refractivity contribution in [2.24, 2.45) is 5.92 Å². The molecule has 0 bridgehead atoms. The third kappa shape index (κ3) is 3.39. The smallest absolute Gasteiger partial charge is 0.295 e. The van der Waals surface area contributed by atoms with E-state index in [1.807, 2.05) is 12.1 Å². The van der Waals surface area contributed by atoms with Crippen LogP contribution in [0.25, 0.3) is 22.3 Å². The van der Waals surface area contributed by atoms with Crippen molar-refractivity contribution in [3.8, 4) is 11.4 Å². The van der Waals surface area contributed by atoms with Gasteiger partial charge in [0.25, 0.3) is 10.9 Å². The molecule has 3 aromatic carbocycles. The van der Waals surface area contributed by atoms with Crippen LogP contribution in [0.5, 0.6) is 0 Å². The molecule has 6 rings (SSSR count). The van der Waals surface area contributed by atoms with Gasteiger partial charge in [-0.1, -0.05) is 65.3 Å². The highest BCUT2D eigenvalue weighted by Gasteiger charge is 2.59. The van der Waals surface area contributed by atoms with E-state index >= 15 is 4.39 Å². The standard InChI is InChI=1S/C26H19ClFN3O3S/c27-18-11-12-22-21(15-18)20-13-17(14-23(20)29-22)26(28,35(32,33)19-9-5-2-6-10-19)25-30-24(31-34-25)16-7-3-1-4-8-16/h1-12,15,17,29H,13-14H2. The molecule has 9 heteroatoms. The van der Waals surface area contributed by atoms with Crippen molar-refractivity contribution < 1.29 is 17.3 Å². The first-order valence-corrected chi connectivity index (χ1v) is 12.9. The van der Waals surface area contributed by atoms with Crippen LogP contribution in [0.3, 0.4) is 0 Å². The molecule has 0 aliphatic heterocycles. The number of benzene rings is 3. The second kappa shape index (κ2) is 8.03. The van der Waals surface area contributed by atoms with Crippen LogP contribution in [-0.4, -0.2) is 23.5 Å². The highest BCUT2D eigenvalue weighted by atomic mass is 35.5. The lowest BCUT2D eigenvalue weighted by atomic mass is 9.98. The van der Waals surface area contributed by atoms with Gasteiger partial charge >= 0.3 is 0 Å². The van der Waals surface area contributed by atoms with Crippen LogP contribution in [-0.2, 0) is 27.7 Å². The van der Waals surface area contributed by atoms with Gasteiger partial charge in [0.05, 0.1) is 4.90 Å². The first kappa shape index (κ1) is 22.0. The second-order valence-electron chi connectivity index (χ2n) is 8.63. The molecule has 2 aromatic heterocycles. The lowest BCUT2D eigenvalue weighted by Crippen LogP contribution is -2.40. The molecule has 176 valence electrons. The number of sulfone groups is 1. The number of fused-ring (bicyclic) bond motifs is 3. The zero-order valence-electron chi connectivity index (χ0n) is 18.3. The van der Waals surface area contributed by atoms with E-state index in [-0.39, 0.29) is 23.6 Å². The minimum Gasteiger partial charge on any atom is -0.358 e. The SMILES string of the molecule is O=S(=O)(c1ccccc1)C(F)(c1nc(-c2ccccc2)no1)C1Cc2[nH]c3ccc(Cl)cc3c2C1. The van der Waals surface area contributed by atoms with Crippen LogP contribution in [0, 0.1) is 5.92 Å². The Balaban J connectivity index is 1.49. The monoisotopic (exact) mass is 507 g/mol. The van der Waals surface area contributed by atoms with Gasteiger partial charge in [0.1, 0.15) is 0 Å². The number of alkyl halides is 1. The van der Waals surface area contributed by atoms with Crippen molar-refractivity contribution in [1.29, 1.82) is 0 Å². The molecular formula is C26H19ClFN3O3S. The molecular weight excluding hydrogens is 489 g/mol. The summed E-state index contributed by atoms with van der Waals surface area (Å²) < 4.78 is 50.3. The van der Waals surface area contributed by atoms with Gasteiger partial charge in [-0.05, 0) is 48.7 Å². The Morgan fingerprint density at radius 2 is 1.71 bits per heavy atom. The van der Waals surface area contributed by atoms with Gasteiger partial charge in [-0.25, -0.2) is 12.8 Å². The average Bonchev–Trinajstić information content (AvgIpc) is 3.60. The predicted octanol–water partition coefficient (Wildman–Crippen LogP) is 5.88. The molecule has 0 saturated heterocycles. The molecule has 0 amide bonds. The van der Waals surface area contributed by atoms with Crippen molar-refractivity contribution in [3.05, 3.63) is 101 Å². The predicted molar refractivity (Wildman–Crippen MR) is 130 cm³/mol. The summed E-state index contributed by atoms with van der Waals surface area (Å²) in [5.41, 5.74) is 3.09. The quantitative estimate of drug-likeness (QED) is 0.321. The van der Waals surface area contributed by atoms with Gasteiger partial charge in [0, 0.05) is 33.1 Å². The summed E-state index contributed by atoms with van der Waals surface area (Å²) in [6.07, 6.45) is 0.328. The summed E-state index contributed by atoms with van der Waals surface area (Å²) in [6, 6.07) is 21.9. The second-order valence-corrected chi connectivity index (χ2v) is 11.1. The molecule has 2 heterocycles. The summed E-state index contributed by atoms with van der Waals surface area (Å²) in [6.45, 7) is 0. The topological polar surface area (TPSA) is 88.8 Å². The average molecular weight is 508 g/mol. The van der Waals surface area contributed by atoms with Gasteiger partial charge in [0.15, 0.2) is 0 Å². The molecule has 1 aliphatic rings. The van der Waals surface area contributed by atoms with Crippen LogP contribution >= 0.6 is 11.6 Å². The van der Waals surface area contributed by atoms with Crippen LogP contribution in [0.4, 0.5) is 4.39 Å². The minimum absolute atomic E-state index is 0.125. The number of aromatic nitrogens is 3. The minimum atomic E-state index is -4.57. The van der Waals surface area contributed by atoms with Gasteiger partial charge in [-0.15, -0.1) is 0 Å². The van der Waals surface area contributed by atoms with Crippen molar-refractivity contribution in [1.82, 2.24) is 15.1 Å². The van der Waals surface area contributed by atoms with E-state index in [2.05, 4.69) is 15.1 Å².